The molecule has 4 N–H and O–H groups in total. The first-order chi connectivity index (χ1) is 23.2. The smallest absolute Gasteiger partial charge is 0.293 e. The molecular formula is C34H37ClN8O5. The summed E-state index contributed by atoms with van der Waals surface area (Å²) in [4.78, 5) is 59.8. The Labute approximate surface area is 282 Å². The third-order valence-corrected chi connectivity index (χ3v) is 9.02. The Kier molecular flexibility index (Phi) is 9.76. The number of pyridine rings is 1. The molecule has 48 heavy (non-hydrogen) atoms. The molecular weight excluding hydrogens is 636 g/mol. The molecule has 0 bridgehead atoms. The van der Waals surface area contributed by atoms with E-state index in [9.17, 15) is 19.2 Å². The highest BCUT2D eigenvalue weighted by Gasteiger charge is 2.28. The number of piperidine rings is 2. The Bertz CT molecular complexity index is 1930. The van der Waals surface area contributed by atoms with Crippen LogP contribution in [0.4, 0.5) is 23.1 Å². The molecule has 2 aromatic carbocycles. The van der Waals surface area contributed by atoms with Gasteiger partial charge in [-0.3, -0.25) is 24.5 Å². The summed E-state index contributed by atoms with van der Waals surface area (Å²) in [6.07, 6.45) is 4.47. The molecule has 2 aliphatic heterocycles. The molecule has 0 saturated carbocycles. The van der Waals surface area contributed by atoms with Gasteiger partial charge in [0, 0.05) is 56.9 Å². The predicted molar refractivity (Wildman–Crippen MR) is 184 cm³/mol. The number of aromatic nitrogens is 3. The molecule has 1 unspecified atom stereocenters. The fraction of sp³-hybridized carbons (Fsp3) is 0.353. The second kappa shape index (κ2) is 14.3. The van der Waals surface area contributed by atoms with Crippen molar-refractivity contribution in [1.29, 1.82) is 0 Å². The van der Waals surface area contributed by atoms with Crippen molar-refractivity contribution in [3.05, 3.63) is 75.7 Å². The highest BCUT2D eigenvalue weighted by atomic mass is 35.5. The van der Waals surface area contributed by atoms with E-state index in [0.717, 1.165) is 49.1 Å². The van der Waals surface area contributed by atoms with E-state index in [-0.39, 0.29) is 41.6 Å². The normalized spacial score (nSPS) is 17.9. The van der Waals surface area contributed by atoms with Crippen LogP contribution in [0.15, 0.2) is 59.5 Å². The fourth-order valence-electron chi connectivity index (χ4n) is 6.14. The Morgan fingerprint density at radius 3 is 2.77 bits per heavy atom. The summed E-state index contributed by atoms with van der Waals surface area (Å²) in [5.74, 6) is 0.305. The summed E-state index contributed by atoms with van der Waals surface area (Å²) in [7, 11) is 3.15. The maximum atomic E-state index is 12.7. The van der Waals surface area contributed by atoms with Gasteiger partial charge in [0.25, 0.3) is 11.5 Å². The summed E-state index contributed by atoms with van der Waals surface area (Å²) in [6, 6.07) is 15.0. The minimum atomic E-state index is -0.341. The Hall–Kier alpha value is -5.17. The van der Waals surface area contributed by atoms with E-state index in [1.54, 1.807) is 19.3 Å². The van der Waals surface area contributed by atoms with Crippen LogP contribution in [0.1, 0.15) is 37.2 Å². The lowest BCUT2D eigenvalue weighted by Gasteiger charge is -2.33. The topological polar surface area (TPSA) is 160 Å². The number of ether oxygens (including phenoxy) is 1. The van der Waals surface area contributed by atoms with E-state index >= 15 is 0 Å². The van der Waals surface area contributed by atoms with E-state index in [1.165, 1.54) is 11.6 Å². The molecule has 2 atom stereocenters. The number of fused-ring (bicyclic) bond motifs is 1. The molecule has 0 aliphatic carbocycles. The largest absolute Gasteiger partial charge is 0.478 e. The molecule has 2 fully saturated rings. The predicted octanol–water partition coefficient (Wildman–Crippen LogP) is 3.70. The average molecular weight is 673 g/mol. The number of imide groups is 1. The van der Waals surface area contributed by atoms with Gasteiger partial charge < -0.3 is 30.2 Å². The van der Waals surface area contributed by atoms with Crippen molar-refractivity contribution >= 4 is 63.4 Å². The maximum Gasteiger partial charge on any atom is 0.293 e. The van der Waals surface area contributed by atoms with Crippen LogP contribution in [-0.2, 0) is 21.4 Å². The molecule has 0 radical (unpaired) electrons. The highest BCUT2D eigenvalue weighted by molar-refractivity contribution is 6.32. The maximum absolute atomic E-state index is 12.7. The molecule has 2 saturated heterocycles. The second-order valence-electron chi connectivity index (χ2n) is 12.1. The van der Waals surface area contributed by atoms with Crippen molar-refractivity contribution in [1.82, 2.24) is 25.2 Å². The zero-order valence-corrected chi connectivity index (χ0v) is 27.5. The minimum absolute atomic E-state index is 0.0734. The molecule has 13 nitrogen and oxygen atoms in total. The Morgan fingerprint density at radius 2 is 1.96 bits per heavy atom. The number of anilines is 4. The van der Waals surface area contributed by atoms with Gasteiger partial charge in [-0.15, -0.1) is 0 Å². The number of hydrogen-bond donors (Lipinski definition) is 4. The Balaban J connectivity index is 1.12. The summed E-state index contributed by atoms with van der Waals surface area (Å²) in [5, 5.41) is 12.8. The molecule has 14 heteroatoms. The van der Waals surface area contributed by atoms with Crippen LogP contribution in [-0.4, -0.2) is 65.5 Å². The first kappa shape index (κ1) is 32.8. The van der Waals surface area contributed by atoms with Crippen molar-refractivity contribution in [3.63, 3.8) is 0 Å². The fourth-order valence-corrected chi connectivity index (χ4v) is 6.28. The first-order valence-corrected chi connectivity index (χ1v) is 16.3. The quantitative estimate of drug-likeness (QED) is 0.183. The van der Waals surface area contributed by atoms with Crippen molar-refractivity contribution in [2.24, 2.45) is 13.0 Å². The van der Waals surface area contributed by atoms with Gasteiger partial charge in [0.05, 0.1) is 17.6 Å². The SMILES string of the molecule is CNC(=O)COc1cc2cc(Nc3nc(N4CCC[C@H](CNc5cccc(C6CCC(=O)NC6=O)c5)C4)ncc3Cl)ccc2n(C)c1=O. The van der Waals surface area contributed by atoms with E-state index in [2.05, 4.69) is 31.2 Å². The molecule has 4 aromatic rings. The molecule has 4 heterocycles. The van der Waals surface area contributed by atoms with Crippen LogP contribution in [0.25, 0.3) is 10.9 Å². The van der Waals surface area contributed by atoms with Crippen molar-refractivity contribution < 1.29 is 19.1 Å². The number of halogens is 1. The number of rotatable bonds is 10. The van der Waals surface area contributed by atoms with Gasteiger partial charge in [-0.05, 0) is 67.1 Å². The number of likely N-dealkylation sites (N-methyl/N-ethyl adjacent to an activating group) is 1. The van der Waals surface area contributed by atoms with Crippen LogP contribution in [0.2, 0.25) is 5.02 Å². The van der Waals surface area contributed by atoms with Crippen LogP contribution < -0.4 is 36.5 Å². The van der Waals surface area contributed by atoms with Gasteiger partial charge in [0.2, 0.25) is 17.8 Å². The number of nitrogens with zero attached hydrogens (tertiary/aromatic N) is 4. The standard InChI is InChI=1S/C34H37ClN8O5/c1-36-30(45)19-48-28-15-22-14-24(8-10-27(22)42(2)33(28)47)39-31-26(35)17-38-34(41-31)43-12-4-5-20(18-43)16-37-23-7-3-6-21(13-23)25-9-11-29(44)40-32(25)46/h3,6-8,10,13-15,17,20,25,37H,4-5,9,11-12,16,18-19H2,1-2H3,(H,36,45)(H,38,39,41)(H,40,44,46)/t20-,25?/m1/s1. The van der Waals surface area contributed by atoms with Gasteiger partial charge in [0.15, 0.2) is 18.2 Å². The highest BCUT2D eigenvalue weighted by Crippen LogP contribution is 2.30. The number of nitrogens with one attached hydrogen (secondary N) is 4. The molecule has 2 aromatic heterocycles. The van der Waals surface area contributed by atoms with E-state index in [0.29, 0.717) is 46.8 Å². The lowest BCUT2D eigenvalue weighted by molar-refractivity contribution is -0.134. The number of amides is 3. The third kappa shape index (κ3) is 7.36. The zero-order chi connectivity index (χ0) is 33.8. The summed E-state index contributed by atoms with van der Waals surface area (Å²) in [6.45, 7) is 2.04. The van der Waals surface area contributed by atoms with Crippen molar-refractivity contribution in [3.8, 4) is 5.75 Å². The summed E-state index contributed by atoms with van der Waals surface area (Å²) >= 11 is 6.53. The van der Waals surface area contributed by atoms with E-state index in [1.807, 2.05) is 42.5 Å². The monoisotopic (exact) mass is 672 g/mol. The first-order valence-electron chi connectivity index (χ1n) is 15.9. The number of carbonyl (C=O) groups is 3. The average Bonchev–Trinajstić information content (AvgIpc) is 3.09. The van der Waals surface area contributed by atoms with E-state index in [4.69, 9.17) is 21.3 Å². The third-order valence-electron chi connectivity index (χ3n) is 8.75. The van der Waals surface area contributed by atoms with Crippen LogP contribution in [0.3, 0.4) is 0 Å². The molecule has 250 valence electrons. The summed E-state index contributed by atoms with van der Waals surface area (Å²) in [5.41, 5.74) is 2.89. The number of hydrogen-bond acceptors (Lipinski definition) is 10. The number of carbonyl (C=O) groups excluding carboxylic acids is 3. The van der Waals surface area contributed by atoms with Crippen LogP contribution >= 0.6 is 11.6 Å². The number of benzene rings is 2. The van der Waals surface area contributed by atoms with Gasteiger partial charge in [-0.25, -0.2) is 4.98 Å². The summed E-state index contributed by atoms with van der Waals surface area (Å²) < 4.78 is 6.96. The van der Waals surface area contributed by atoms with Crippen molar-refractivity contribution in [2.45, 2.75) is 31.6 Å². The van der Waals surface area contributed by atoms with E-state index < -0.39 is 0 Å². The van der Waals surface area contributed by atoms with Crippen LogP contribution in [0.5, 0.6) is 5.75 Å². The van der Waals surface area contributed by atoms with Crippen molar-refractivity contribution in [2.75, 3.05) is 48.8 Å². The minimum Gasteiger partial charge on any atom is -0.478 e. The van der Waals surface area contributed by atoms with Gasteiger partial charge in [-0.2, -0.15) is 4.98 Å². The van der Waals surface area contributed by atoms with Gasteiger partial charge in [0.1, 0.15) is 5.02 Å². The van der Waals surface area contributed by atoms with Crippen LogP contribution in [0, 0.1) is 5.92 Å². The molecule has 2 aliphatic rings. The molecule has 0 spiro atoms. The zero-order valence-electron chi connectivity index (χ0n) is 26.7. The van der Waals surface area contributed by atoms with Gasteiger partial charge >= 0.3 is 0 Å². The lowest BCUT2D eigenvalue weighted by Crippen LogP contribution is -2.39. The van der Waals surface area contributed by atoms with Gasteiger partial charge in [-0.1, -0.05) is 23.7 Å². The Morgan fingerprint density at radius 1 is 1.10 bits per heavy atom. The molecule has 6 rings (SSSR count). The second-order valence-corrected chi connectivity index (χ2v) is 12.5. The molecule has 3 amide bonds. The lowest BCUT2D eigenvalue weighted by atomic mass is 9.90. The number of aryl methyl sites for hydroxylation is 1.